The highest BCUT2D eigenvalue weighted by molar-refractivity contribution is 6.08. The third kappa shape index (κ3) is 4.56. The Hall–Kier alpha value is -4.34. The maximum atomic E-state index is 13.2. The van der Waals surface area contributed by atoms with Gasteiger partial charge in [-0.15, -0.1) is 0 Å². The number of alkyl halides is 3. The van der Waals surface area contributed by atoms with Gasteiger partial charge in [0.05, 0.1) is 35.1 Å². The molecule has 10 heteroatoms. The fourth-order valence-corrected chi connectivity index (χ4v) is 3.52. The first-order valence-electron chi connectivity index (χ1n) is 10.1. The number of hydrogen-bond acceptors (Lipinski definition) is 6. The Labute approximate surface area is 192 Å². The topological polar surface area (TPSA) is 102 Å². The molecule has 0 unspecified atom stereocenters. The van der Waals surface area contributed by atoms with Crippen LogP contribution in [-0.4, -0.2) is 30.0 Å². The molecule has 0 aliphatic heterocycles. The molecule has 0 saturated carbocycles. The summed E-state index contributed by atoms with van der Waals surface area (Å²) in [6.45, 7) is 0. The maximum Gasteiger partial charge on any atom is 0.416 e. The number of halogens is 3. The molecule has 34 heavy (non-hydrogen) atoms. The van der Waals surface area contributed by atoms with Gasteiger partial charge in [0.15, 0.2) is 0 Å². The van der Waals surface area contributed by atoms with Crippen LogP contribution in [0, 0.1) is 0 Å². The second-order valence-electron chi connectivity index (χ2n) is 7.38. The monoisotopic (exact) mass is 467 g/mol. The van der Waals surface area contributed by atoms with Crippen LogP contribution in [0.15, 0.2) is 60.8 Å². The Morgan fingerprint density at radius 2 is 1.74 bits per heavy atom. The fourth-order valence-electron chi connectivity index (χ4n) is 3.52. The number of anilines is 3. The van der Waals surface area contributed by atoms with Gasteiger partial charge < -0.3 is 21.1 Å². The van der Waals surface area contributed by atoms with E-state index in [1.54, 1.807) is 37.5 Å². The quantitative estimate of drug-likeness (QED) is 0.373. The Kier molecular flexibility index (Phi) is 5.97. The van der Waals surface area contributed by atoms with Crippen LogP contribution in [0.5, 0.6) is 5.75 Å². The molecule has 0 atom stereocenters. The zero-order valence-corrected chi connectivity index (χ0v) is 18.2. The zero-order valence-electron chi connectivity index (χ0n) is 18.2. The van der Waals surface area contributed by atoms with Gasteiger partial charge in [-0.25, -0.2) is 9.97 Å². The number of nitrogens with zero attached hydrogens (tertiary/aromatic N) is 2. The van der Waals surface area contributed by atoms with Crippen molar-refractivity contribution in [2.45, 2.75) is 6.18 Å². The van der Waals surface area contributed by atoms with E-state index in [1.807, 2.05) is 12.1 Å². The maximum absolute atomic E-state index is 13.2. The summed E-state index contributed by atoms with van der Waals surface area (Å²) in [5.74, 6) is -0.179. The molecular formula is C24H20F3N5O2. The number of aromatic nitrogens is 2. The van der Waals surface area contributed by atoms with Gasteiger partial charge in [0.2, 0.25) is 5.95 Å². The number of ether oxygens (including phenoxy) is 1. The molecule has 0 aliphatic carbocycles. The number of nitrogens with one attached hydrogen (secondary N) is 2. The van der Waals surface area contributed by atoms with Crippen LogP contribution in [-0.2, 0) is 6.18 Å². The first-order valence-corrected chi connectivity index (χ1v) is 10.1. The van der Waals surface area contributed by atoms with Crippen LogP contribution in [0.1, 0.15) is 15.9 Å². The smallest absolute Gasteiger partial charge is 0.416 e. The van der Waals surface area contributed by atoms with Gasteiger partial charge in [0.1, 0.15) is 5.75 Å². The molecule has 7 nitrogen and oxygen atoms in total. The Balaban J connectivity index is 1.72. The van der Waals surface area contributed by atoms with Gasteiger partial charge in [-0.05, 0) is 53.6 Å². The lowest BCUT2D eigenvalue weighted by Gasteiger charge is -2.16. The van der Waals surface area contributed by atoms with Crippen molar-refractivity contribution in [1.82, 2.24) is 9.97 Å². The predicted octanol–water partition coefficient (Wildman–Crippen LogP) is 5.20. The summed E-state index contributed by atoms with van der Waals surface area (Å²) in [5.41, 5.74) is 7.40. The van der Waals surface area contributed by atoms with Crippen molar-refractivity contribution in [3.63, 3.8) is 0 Å². The minimum atomic E-state index is -4.55. The summed E-state index contributed by atoms with van der Waals surface area (Å²) in [6.07, 6.45) is -2.95. The second-order valence-corrected chi connectivity index (χ2v) is 7.38. The minimum Gasteiger partial charge on any atom is -0.496 e. The van der Waals surface area contributed by atoms with E-state index in [-0.39, 0.29) is 22.9 Å². The van der Waals surface area contributed by atoms with Crippen molar-refractivity contribution in [3.05, 3.63) is 71.9 Å². The molecule has 0 aliphatic rings. The average molecular weight is 467 g/mol. The fraction of sp³-hybridized carbons (Fsp3) is 0.125. The highest BCUT2D eigenvalue weighted by Gasteiger charge is 2.31. The largest absolute Gasteiger partial charge is 0.496 e. The van der Waals surface area contributed by atoms with Gasteiger partial charge in [-0.1, -0.05) is 12.1 Å². The first kappa shape index (κ1) is 22.8. The number of benzene rings is 3. The summed E-state index contributed by atoms with van der Waals surface area (Å²) in [7, 11) is 2.96. The average Bonchev–Trinajstić information content (AvgIpc) is 2.82. The molecule has 1 heterocycles. The molecule has 0 spiro atoms. The number of hydrogen-bond donors (Lipinski definition) is 3. The summed E-state index contributed by atoms with van der Waals surface area (Å²) in [5, 5.41) is 6.11. The number of carbonyl (C=O) groups excluding carboxylic acids is 1. The van der Waals surface area contributed by atoms with E-state index >= 15 is 0 Å². The van der Waals surface area contributed by atoms with Gasteiger partial charge >= 0.3 is 6.18 Å². The van der Waals surface area contributed by atoms with Crippen LogP contribution in [0.3, 0.4) is 0 Å². The van der Waals surface area contributed by atoms with Crippen LogP contribution in [0.25, 0.3) is 22.0 Å². The Morgan fingerprint density at radius 1 is 1.00 bits per heavy atom. The van der Waals surface area contributed by atoms with E-state index in [0.717, 1.165) is 23.1 Å². The van der Waals surface area contributed by atoms with Crippen molar-refractivity contribution in [1.29, 1.82) is 0 Å². The third-order valence-corrected chi connectivity index (χ3v) is 5.24. The number of nitrogens with two attached hydrogens (primary N) is 1. The molecular weight excluding hydrogens is 447 g/mol. The van der Waals surface area contributed by atoms with Crippen molar-refractivity contribution in [3.8, 4) is 16.9 Å². The summed E-state index contributed by atoms with van der Waals surface area (Å²) in [4.78, 5) is 21.3. The summed E-state index contributed by atoms with van der Waals surface area (Å²) >= 11 is 0. The van der Waals surface area contributed by atoms with Gasteiger partial charge in [0, 0.05) is 18.6 Å². The predicted molar refractivity (Wildman–Crippen MR) is 125 cm³/mol. The molecule has 4 rings (SSSR count). The van der Waals surface area contributed by atoms with Gasteiger partial charge in [-0.3, -0.25) is 4.79 Å². The van der Waals surface area contributed by atoms with Crippen molar-refractivity contribution >= 4 is 34.1 Å². The van der Waals surface area contributed by atoms with Crippen LogP contribution in [0.4, 0.5) is 30.5 Å². The van der Waals surface area contributed by atoms with Crippen molar-refractivity contribution in [2.24, 2.45) is 0 Å². The van der Waals surface area contributed by atoms with E-state index in [9.17, 15) is 18.0 Å². The normalized spacial score (nSPS) is 11.3. The number of carbonyl (C=O) groups is 1. The second kappa shape index (κ2) is 8.89. The molecule has 1 amide bonds. The lowest BCUT2D eigenvalue weighted by molar-refractivity contribution is -0.137. The highest BCUT2D eigenvalue weighted by atomic mass is 19.4. The SMILES string of the molecule is CNc1ccc(C(F)(F)F)cc1NC(=O)c1cc(-c2ccc3nc(N)ncc3c2)ccc1OC. The minimum absolute atomic E-state index is 0.00442. The van der Waals surface area contributed by atoms with E-state index < -0.39 is 17.6 Å². The molecule has 0 radical (unpaired) electrons. The Bertz CT molecular complexity index is 1390. The highest BCUT2D eigenvalue weighted by Crippen LogP contribution is 2.35. The number of methoxy groups -OCH3 is 1. The molecule has 4 N–H and O–H groups in total. The van der Waals surface area contributed by atoms with Crippen molar-refractivity contribution in [2.75, 3.05) is 30.5 Å². The van der Waals surface area contributed by atoms with E-state index in [4.69, 9.17) is 10.5 Å². The zero-order chi connectivity index (χ0) is 24.5. The van der Waals surface area contributed by atoms with Crippen molar-refractivity contribution < 1.29 is 22.7 Å². The number of nitrogen functional groups attached to an aromatic ring is 1. The van der Waals surface area contributed by atoms with Gasteiger partial charge in [0.25, 0.3) is 5.91 Å². The van der Waals surface area contributed by atoms with Crippen LogP contribution < -0.4 is 21.1 Å². The molecule has 0 fully saturated rings. The molecule has 4 aromatic rings. The van der Waals surface area contributed by atoms with Gasteiger partial charge in [-0.2, -0.15) is 13.2 Å². The number of amides is 1. The summed E-state index contributed by atoms with van der Waals surface area (Å²) in [6, 6.07) is 13.6. The molecule has 3 aromatic carbocycles. The number of fused-ring (bicyclic) bond motifs is 1. The lowest BCUT2D eigenvalue weighted by atomic mass is 10.0. The molecule has 1 aromatic heterocycles. The number of rotatable bonds is 5. The van der Waals surface area contributed by atoms with Crippen LogP contribution in [0.2, 0.25) is 0 Å². The molecule has 0 saturated heterocycles. The lowest BCUT2D eigenvalue weighted by Crippen LogP contribution is -2.15. The Morgan fingerprint density at radius 3 is 2.44 bits per heavy atom. The first-order chi connectivity index (χ1) is 16.2. The van der Waals surface area contributed by atoms with E-state index in [2.05, 4.69) is 20.6 Å². The van der Waals surface area contributed by atoms with E-state index in [1.165, 1.54) is 13.2 Å². The molecule has 174 valence electrons. The molecule has 0 bridgehead atoms. The standard InChI is InChI=1S/C24H20F3N5O2/c1-29-19-7-5-16(24(25,26)27)11-20(19)31-22(33)17-10-14(4-8-21(17)34-2)13-3-6-18-15(9-13)12-30-23(28)32-18/h3-12,29H,1-2H3,(H,31,33)(H2,28,30,32). The summed E-state index contributed by atoms with van der Waals surface area (Å²) < 4.78 is 44.9. The van der Waals surface area contributed by atoms with E-state index in [0.29, 0.717) is 16.8 Å². The third-order valence-electron chi connectivity index (χ3n) is 5.24. The van der Waals surface area contributed by atoms with Crippen LogP contribution >= 0.6 is 0 Å².